The topological polar surface area (TPSA) is 66.5 Å². The van der Waals surface area contributed by atoms with Gasteiger partial charge in [-0.25, -0.2) is 4.98 Å². The summed E-state index contributed by atoms with van der Waals surface area (Å²) >= 11 is 0. The first-order valence-electron chi connectivity index (χ1n) is 12.9. The lowest BCUT2D eigenvalue weighted by Gasteiger charge is -2.34. The molecule has 0 bridgehead atoms. The number of nitrogens with one attached hydrogen (secondary N) is 2. The third kappa shape index (κ3) is 5.37. The molecule has 2 aliphatic heterocycles. The Morgan fingerprint density at radius 1 is 1.19 bits per heavy atom. The van der Waals surface area contributed by atoms with Crippen LogP contribution < -0.4 is 15.5 Å². The summed E-state index contributed by atoms with van der Waals surface area (Å²) in [7, 11) is 0. The van der Waals surface area contributed by atoms with E-state index in [-0.39, 0.29) is 17.9 Å². The molecule has 1 saturated carbocycles. The number of halogens is 3. The molecule has 2 aromatic rings. The van der Waals surface area contributed by atoms with E-state index in [1.165, 1.54) is 0 Å². The van der Waals surface area contributed by atoms with Crippen molar-refractivity contribution in [1.82, 2.24) is 10.3 Å². The van der Waals surface area contributed by atoms with E-state index < -0.39 is 12.2 Å². The quantitative estimate of drug-likeness (QED) is 0.564. The van der Waals surface area contributed by atoms with E-state index in [1.807, 2.05) is 23.1 Å². The summed E-state index contributed by atoms with van der Waals surface area (Å²) in [6.07, 6.45) is 1.76. The normalized spacial score (nSPS) is 25.2. The van der Waals surface area contributed by atoms with Gasteiger partial charge in [-0.3, -0.25) is 4.79 Å². The Morgan fingerprint density at radius 3 is 2.72 bits per heavy atom. The van der Waals surface area contributed by atoms with Crippen LogP contribution in [0.15, 0.2) is 36.5 Å². The van der Waals surface area contributed by atoms with Gasteiger partial charge in [-0.05, 0) is 69.2 Å². The molecule has 0 radical (unpaired) electrons. The third-order valence-electron chi connectivity index (χ3n) is 7.74. The van der Waals surface area contributed by atoms with Gasteiger partial charge in [-0.15, -0.1) is 0 Å². The standard InChI is InChI=1S/C27H33F3N4O2/c1-17(27(28,29)30)32-22-9-6-18(7-10-22)26(35)34-15-20-4-2-12-31-25(20)33-23-11-8-19(14-24(23)34)21-5-3-13-36-16-21/h2,4,8,11-12,14,17-18,21-22,32H,3,5-7,9-10,13,15-16H2,1H3,(H,31,33)/t17-,18?,21-,22?/m0/s1. The number of amides is 1. The largest absolute Gasteiger partial charge is 0.403 e. The maximum Gasteiger partial charge on any atom is 0.403 e. The summed E-state index contributed by atoms with van der Waals surface area (Å²) in [5, 5.41) is 6.11. The molecule has 2 atom stereocenters. The van der Waals surface area contributed by atoms with Crippen molar-refractivity contribution in [1.29, 1.82) is 0 Å². The van der Waals surface area contributed by atoms with Gasteiger partial charge >= 0.3 is 6.18 Å². The molecule has 1 aromatic carbocycles. The number of fused-ring (bicyclic) bond motifs is 2. The van der Waals surface area contributed by atoms with Gasteiger partial charge < -0.3 is 20.3 Å². The highest BCUT2D eigenvalue weighted by molar-refractivity contribution is 5.99. The van der Waals surface area contributed by atoms with Crippen LogP contribution in [0.4, 0.5) is 30.4 Å². The number of ether oxygens (including phenoxy) is 1. The Labute approximate surface area is 209 Å². The first-order valence-corrected chi connectivity index (χ1v) is 12.9. The van der Waals surface area contributed by atoms with E-state index >= 15 is 0 Å². The Hall–Kier alpha value is -2.65. The first-order chi connectivity index (χ1) is 17.3. The fraction of sp³-hybridized carbons (Fsp3) is 0.556. The molecule has 2 fully saturated rings. The van der Waals surface area contributed by atoms with Gasteiger partial charge in [0.15, 0.2) is 0 Å². The lowest BCUT2D eigenvalue weighted by atomic mass is 9.84. The van der Waals surface area contributed by atoms with Crippen molar-refractivity contribution in [3.05, 3.63) is 47.7 Å². The zero-order valence-corrected chi connectivity index (χ0v) is 20.5. The minimum Gasteiger partial charge on any atom is -0.381 e. The molecule has 1 saturated heterocycles. The van der Waals surface area contributed by atoms with Crippen molar-refractivity contribution in [2.24, 2.45) is 5.92 Å². The molecule has 5 rings (SSSR count). The van der Waals surface area contributed by atoms with Crippen molar-refractivity contribution < 1.29 is 22.7 Å². The monoisotopic (exact) mass is 502 g/mol. The van der Waals surface area contributed by atoms with E-state index in [0.29, 0.717) is 44.8 Å². The highest BCUT2D eigenvalue weighted by Crippen LogP contribution is 2.40. The number of hydrogen-bond acceptors (Lipinski definition) is 5. The predicted molar refractivity (Wildman–Crippen MR) is 132 cm³/mol. The smallest absolute Gasteiger partial charge is 0.381 e. The number of nitrogens with zero attached hydrogens (tertiary/aromatic N) is 2. The van der Waals surface area contributed by atoms with Gasteiger partial charge in [0.1, 0.15) is 11.9 Å². The van der Waals surface area contributed by atoms with Crippen molar-refractivity contribution in [3.8, 4) is 0 Å². The summed E-state index contributed by atoms with van der Waals surface area (Å²) in [4.78, 5) is 20.2. The Kier molecular flexibility index (Phi) is 7.21. The Balaban J connectivity index is 1.37. The molecule has 1 amide bonds. The number of carbonyl (C=O) groups is 1. The number of aromatic nitrogens is 1. The molecule has 3 heterocycles. The van der Waals surface area contributed by atoms with E-state index in [1.54, 1.807) is 6.20 Å². The van der Waals surface area contributed by atoms with Gasteiger partial charge in [0.2, 0.25) is 5.91 Å². The molecule has 9 heteroatoms. The van der Waals surface area contributed by atoms with Crippen molar-refractivity contribution in [3.63, 3.8) is 0 Å². The summed E-state index contributed by atoms with van der Waals surface area (Å²) < 4.78 is 44.6. The van der Waals surface area contributed by atoms with Gasteiger partial charge in [0.05, 0.1) is 24.5 Å². The third-order valence-corrected chi connectivity index (χ3v) is 7.74. The SMILES string of the molecule is C[C@H](NC1CCC(C(=O)N2Cc3cccnc3Nc3ccc([C@H]4CCCOC4)cc32)CC1)C(F)(F)F. The average molecular weight is 503 g/mol. The van der Waals surface area contributed by atoms with Gasteiger partial charge in [0, 0.05) is 36.2 Å². The molecule has 2 N–H and O–H groups in total. The van der Waals surface area contributed by atoms with Gasteiger partial charge in [0.25, 0.3) is 0 Å². The van der Waals surface area contributed by atoms with Crippen LogP contribution in [0.5, 0.6) is 0 Å². The molecule has 36 heavy (non-hydrogen) atoms. The molecule has 194 valence electrons. The van der Waals surface area contributed by atoms with E-state index in [9.17, 15) is 18.0 Å². The second kappa shape index (κ2) is 10.4. The number of benzene rings is 1. The summed E-state index contributed by atoms with van der Waals surface area (Å²) in [6.45, 7) is 3.01. The molecular weight excluding hydrogens is 469 g/mol. The fourth-order valence-electron chi connectivity index (χ4n) is 5.57. The second-order valence-corrected chi connectivity index (χ2v) is 10.2. The lowest BCUT2D eigenvalue weighted by molar-refractivity contribution is -0.154. The summed E-state index contributed by atoms with van der Waals surface area (Å²) in [6, 6.07) is 8.27. The van der Waals surface area contributed by atoms with Crippen molar-refractivity contribution >= 4 is 23.1 Å². The minimum absolute atomic E-state index is 0.0223. The second-order valence-electron chi connectivity index (χ2n) is 10.2. The van der Waals surface area contributed by atoms with Crippen LogP contribution in [0.25, 0.3) is 0 Å². The molecular formula is C27H33F3N4O2. The van der Waals surface area contributed by atoms with Gasteiger partial charge in [-0.1, -0.05) is 12.1 Å². The molecule has 3 aliphatic rings. The van der Waals surface area contributed by atoms with Crippen LogP contribution in [0, 0.1) is 5.92 Å². The lowest BCUT2D eigenvalue weighted by Crippen LogP contribution is -2.47. The molecule has 1 aromatic heterocycles. The molecule has 6 nitrogen and oxygen atoms in total. The highest BCUT2D eigenvalue weighted by atomic mass is 19.4. The van der Waals surface area contributed by atoms with Crippen LogP contribution >= 0.6 is 0 Å². The number of carbonyl (C=O) groups excluding carboxylic acids is 1. The summed E-state index contributed by atoms with van der Waals surface area (Å²) in [5.74, 6) is 0.824. The van der Waals surface area contributed by atoms with Crippen molar-refractivity contribution in [2.75, 3.05) is 23.4 Å². The van der Waals surface area contributed by atoms with Crippen molar-refractivity contribution in [2.45, 2.75) is 76.2 Å². The van der Waals surface area contributed by atoms with E-state index in [2.05, 4.69) is 27.8 Å². The number of anilines is 3. The zero-order valence-electron chi connectivity index (χ0n) is 20.5. The Morgan fingerprint density at radius 2 is 2.00 bits per heavy atom. The molecule has 1 aliphatic carbocycles. The summed E-state index contributed by atoms with van der Waals surface area (Å²) in [5.41, 5.74) is 3.74. The maximum absolute atomic E-state index is 13.9. The number of rotatable bonds is 4. The highest BCUT2D eigenvalue weighted by Gasteiger charge is 2.39. The van der Waals surface area contributed by atoms with E-state index in [0.717, 1.165) is 54.7 Å². The minimum atomic E-state index is -4.27. The number of alkyl halides is 3. The van der Waals surface area contributed by atoms with Crippen LogP contribution in [0.3, 0.4) is 0 Å². The molecule has 0 unspecified atom stereocenters. The first kappa shape index (κ1) is 25.0. The zero-order chi connectivity index (χ0) is 25.3. The van der Waals surface area contributed by atoms with E-state index in [4.69, 9.17) is 4.74 Å². The average Bonchev–Trinajstić information content (AvgIpc) is 3.05. The maximum atomic E-state index is 13.9. The van der Waals surface area contributed by atoms with Gasteiger partial charge in [-0.2, -0.15) is 13.2 Å². The van der Waals surface area contributed by atoms with Crippen LogP contribution in [0.2, 0.25) is 0 Å². The van der Waals surface area contributed by atoms with Crippen LogP contribution in [-0.2, 0) is 16.1 Å². The number of pyridine rings is 1. The fourth-order valence-corrected chi connectivity index (χ4v) is 5.57. The van der Waals surface area contributed by atoms with Crippen LogP contribution in [0.1, 0.15) is 62.5 Å². The van der Waals surface area contributed by atoms with Crippen LogP contribution in [-0.4, -0.2) is 42.4 Å². The predicted octanol–water partition coefficient (Wildman–Crippen LogP) is 5.67. The number of hydrogen-bond donors (Lipinski definition) is 2. The Bertz CT molecular complexity index is 1080. The molecule has 0 spiro atoms.